The number of rotatable bonds is 3. The molecule has 1 aliphatic carbocycles. The van der Waals surface area contributed by atoms with Crippen LogP contribution in [0.15, 0.2) is 0 Å². The molecule has 68 valence electrons. The zero-order valence-electron chi connectivity index (χ0n) is 8.30. The van der Waals surface area contributed by atoms with E-state index < -0.39 is 0 Å². The number of hydrogen-bond donors (Lipinski definition) is 0. The zero-order chi connectivity index (χ0) is 9.19. The molecule has 0 saturated heterocycles. The van der Waals surface area contributed by atoms with Crippen LogP contribution in [-0.4, -0.2) is 24.5 Å². The van der Waals surface area contributed by atoms with Gasteiger partial charge in [0.15, 0.2) is 0 Å². The summed E-state index contributed by atoms with van der Waals surface area (Å²) in [7, 11) is 2.10. The van der Waals surface area contributed by atoms with Crippen molar-refractivity contribution < 1.29 is 0 Å². The first kappa shape index (κ1) is 9.54. The highest BCUT2D eigenvalue weighted by Crippen LogP contribution is 2.40. The Morgan fingerprint density at radius 3 is 2.33 bits per heavy atom. The molecule has 0 aliphatic heterocycles. The topological polar surface area (TPSA) is 27.0 Å². The highest BCUT2D eigenvalue weighted by atomic mass is 15.1. The van der Waals surface area contributed by atoms with E-state index in [1.54, 1.807) is 0 Å². The van der Waals surface area contributed by atoms with Crippen LogP contribution in [0, 0.1) is 16.7 Å². The standard InChI is InChI=1S/C10H18N2/c1-9(2)12(3)8-10(7-11)5-4-6-10/h9H,4-6,8H2,1-3H3. The van der Waals surface area contributed by atoms with Crippen LogP contribution in [0.25, 0.3) is 0 Å². The van der Waals surface area contributed by atoms with Gasteiger partial charge in [0.2, 0.25) is 0 Å². The Balaban J connectivity index is 2.44. The van der Waals surface area contributed by atoms with Gasteiger partial charge in [-0.25, -0.2) is 0 Å². The van der Waals surface area contributed by atoms with Crippen molar-refractivity contribution in [3.63, 3.8) is 0 Å². The smallest absolute Gasteiger partial charge is 0.0703 e. The zero-order valence-corrected chi connectivity index (χ0v) is 8.30. The van der Waals surface area contributed by atoms with Crippen LogP contribution in [0.3, 0.4) is 0 Å². The molecule has 0 unspecified atom stereocenters. The van der Waals surface area contributed by atoms with Crippen molar-refractivity contribution in [1.82, 2.24) is 4.90 Å². The Morgan fingerprint density at radius 2 is 2.08 bits per heavy atom. The molecule has 0 aromatic carbocycles. The van der Waals surface area contributed by atoms with Crippen molar-refractivity contribution in [1.29, 1.82) is 5.26 Å². The molecular weight excluding hydrogens is 148 g/mol. The SMILES string of the molecule is CC(C)N(C)CC1(C#N)CCC1. The fourth-order valence-corrected chi connectivity index (χ4v) is 1.57. The molecule has 0 spiro atoms. The molecule has 1 aliphatic rings. The van der Waals surface area contributed by atoms with Gasteiger partial charge in [0.05, 0.1) is 11.5 Å². The molecule has 0 N–H and O–H groups in total. The van der Waals surface area contributed by atoms with Crippen LogP contribution in [0.4, 0.5) is 0 Å². The van der Waals surface area contributed by atoms with Crippen molar-refractivity contribution in [2.75, 3.05) is 13.6 Å². The average molecular weight is 166 g/mol. The molecule has 0 bridgehead atoms. The average Bonchev–Trinajstić information content (AvgIpc) is 1.96. The Morgan fingerprint density at radius 1 is 1.50 bits per heavy atom. The van der Waals surface area contributed by atoms with Crippen molar-refractivity contribution in [2.45, 2.75) is 39.2 Å². The maximum absolute atomic E-state index is 8.99. The minimum atomic E-state index is -0.000972. The predicted molar refractivity (Wildman–Crippen MR) is 49.7 cm³/mol. The van der Waals surface area contributed by atoms with Crippen molar-refractivity contribution in [3.05, 3.63) is 0 Å². The highest BCUT2D eigenvalue weighted by Gasteiger charge is 2.38. The lowest BCUT2D eigenvalue weighted by atomic mass is 9.69. The lowest BCUT2D eigenvalue weighted by Gasteiger charge is -2.39. The Hall–Kier alpha value is -0.550. The summed E-state index contributed by atoms with van der Waals surface area (Å²) in [5.41, 5.74) is -0.000972. The second-order valence-corrected chi connectivity index (χ2v) is 4.25. The first-order chi connectivity index (χ1) is 5.59. The Labute approximate surface area is 75.2 Å². The molecule has 0 heterocycles. The van der Waals surface area contributed by atoms with Gasteiger partial charge in [-0.05, 0) is 33.7 Å². The Kier molecular flexibility index (Phi) is 2.74. The second-order valence-electron chi connectivity index (χ2n) is 4.25. The first-order valence-electron chi connectivity index (χ1n) is 4.71. The molecule has 1 rings (SSSR count). The summed E-state index contributed by atoms with van der Waals surface area (Å²) < 4.78 is 0. The number of nitrogens with zero attached hydrogens (tertiary/aromatic N) is 2. The molecule has 0 aromatic heterocycles. The largest absolute Gasteiger partial charge is 0.302 e. The summed E-state index contributed by atoms with van der Waals surface area (Å²) in [6, 6.07) is 3.01. The quantitative estimate of drug-likeness (QED) is 0.641. The van der Waals surface area contributed by atoms with Crippen LogP contribution < -0.4 is 0 Å². The van der Waals surface area contributed by atoms with Gasteiger partial charge >= 0.3 is 0 Å². The molecule has 12 heavy (non-hydrogen) atoms. The summed E-state index contributed by atoms with van der Waals surface area (Å²) in [5.74, 6) is 0. The number of nitriles is 1. The lowest BCUT2D eigenvalue weighted by molar-refractivity contribution is 0.119. The molecular formula is C10H18N2. The lowest BCUT2D eigenvalue weighted by Crippen LogP contribution is -2.42. The molecule has 1 fully saturated rings. The van der Waals surface area contributed by atoms with Gasteiger partial charge < -0.3 is 4.90 Å². The molecule has 0 amide bonds. The van der Waals surface area contributed by atoms with Crippen molar-refractivity contribution >= 4 is 0 Å². The highest BCUT2D eigenvalue weighted by molar-refractivity contribution is 5.06. The van der Waals surface area contributed by atoms with Gasteiger partial charge in [-0.1, -0.05) is 6.42 Å². The predicted octanol–water partition coefficient (Wildman–Crippen LogP) is 2.02. The fourth-order valence-electron chi connectivity index (χ4n) is 1.57. The maximum atomic E-state index is 8.99. The van der Waals surface area contributed by atoms with Gasteiger partial charge in [-0.2, -0.15) is 5.26 Å². The molecule has 0 atom stereocenters. The van der Waals surface area contributed by atoms with Crippen LogP contribution in [0.5, 0.6) is 0 Å². The summed E-state index contributed by atoms with van der Waals surface area (Å²) in [6.07, 6.45) is 3.43. The van der Waals surface area contributed by atoms with Crippen molar-refractivity contribution in [2.24, 2.45) is 5.41 Å². The normalized spacial score (nSPS) is 20.7. The summed E-state index contributed by atoms with van der Waals surface area (Å²) >= 11 is 0. The van der Waals surface area contributed by atoms with E-state index in [0.29, 0.717) is 6.04 Å². The van der Waals surface area contributed by atoms with Crippen LogP contribution in [0.2, 0.25) is 0 Å². The van der Waals surface area contributed by atoms with E-state index in [-0.39, 0.29) is 5.41 Å². The van der Waals surface area contributed by atoms with Gasteiger partial charge in [0.25, 0.3) is 0 Å². The monoisotopic (exact) mass is 166 g/mol. The van der Waals surface area contributed by atoms with Gasteiger partial charge in [0.1, 0.15) is 0 Å². The molecule has 2 nitrogen and oxygen atoms in total. The minimum absolute atomic E-state index is 0.000972. The molecule has 2 heteroatoms. The van der Waals surface area contributed by atoms with Gasteiger partial charge in [-0.3, -0.25) is 0 Å². The molecule has 1 saturated carbocycles. The van der Waals surface area contributed by atoms with E-state index in [9.17, 15) is 0 Å². The van der Waals surface area contributed by atoms with Crippen LogP contribution in [0.1, 0.15) is 33.1 Å². The van der Waals surface area contributed by atoms with E-state index in [1.165, 1.54) is 6.42 Å². The van der Waals surface area contributed by atoms with Gasteiger partial charge in [-0.15, -0.1) is 0 Å². The molecule has 0 aromatic rings. The van der Waals surface area contributed by atoms with Crippen LogP contribution >= 0.6 is 0 Å². The van der Waals surface area contributed by atoms with E-state index in [4.69, 9.17) is 5.26 Å². The summed E-state index contributed by atoms with van der Waals surface area (Å²) in [5, 5.41) is 8.99. The van der Waals surface area contributed by atoms with E-state index in [2.05, 4.69) is 31.9 Å². The fraction of sp³-hybridized carbons (Fsp3) is 0.900. The van der Waals surface area contributed by atoms with Crippen molar-refractivity contribution in [3.8, 4) is 6.07 Å². The number of hydrogen-bond acceptors (Lipinski definition) is 2. The third kappa shape index (κ3) is 1.78. The van der Waals surface area contributed by atoms with Crippen LogP contribution in [-0.2, 0) is 0 Å². The second kappa shape index (κ2) is 3.45. The van der Waals surface area contributed by atoms with E-state index in [0.717, 1.165) is 19.4 Å². The third-order valence-corrected chi connectivity index (χ3v) is 2.98. The molecule has 0 radical (unpaired) electrons. The minimum Gasteiger partial charge on any atom is -0.302 e. The van der Waals surface area contributed by atoms with E-state index in [1.807, 2.05) is 0 Å². The Bertz CT molecular complexity index is 187. The maximum Gasteiger partial charge on any atom is 0.0703 e. The summed E-state index contributed by atoms with van der Waals surface area (Å²) in [6.45, 7) is 5.29. The first-order valence-corrected chi connectivity index (χ1v) is 4.71. The van der Waals surface area contributed by atoms with E-state index >= 15 is 0 Å². The van der Waals surface area contributed by atoms with Gasteiger partial charge in [0, 0.05) is 12.6 Å². The summed E-state index contributed by atoms with van der Waals surface area (Å²) in [4.78, 5) is 2.27. The third-order valence-electron chi connectivity index (χ3n) is 2.98.